The molecule has 0 aliphatic carbocycles. The number of carbonyl (C=O) groups excluding carboxylic acids is 1. The molecule has 3 aromatic rings. The van der Waals surface area contributed by atoms with Crippen LogP contribution in [0.4, 0.5) is 0 Å². The first-order chi connectivity index (χ1) is 10.6. The Kier molecular flexibility index (Phi) is 3.81. The fraction of sp³-hybridized carbons (Fsp3) is 0.188. The van der Waals surface area contributed by atoms with Crippen molar-refractivity contribution < 1.29 is 4.79 Å². The van der Waals surface area contributed by atoms with Crippen molar-refractivity contribution in [2.24, 2.45) is 7.05 Å². The van der Waals surface area contributed by atoms with Crippen molar-refractivity contribution >= 4 is 28.5 Å². The number of halogens is 1. The third-order valence-corrected chi connectivity index (χ3v) is 3.92. The summed E-state index contributed by atoms with van der Waals surface area (Å²) in [5.41, 5.74) is 2.96. The number of carbonyl (C=O) groups is 1. The van der Waals surface area contributed by atoms with Crippen molar-refractivity contribution in [2.45, 2.75) is 13.0 Å². The van der Waals surface area contributed by atoms with Gasteiger partial charge < -0.3 is 5.32 Å². The first-order valence-corrected chi connectivity index (χ1v) is 7.27. The van der Waals surface area contributed by atoms with E-state index in [9.17, 15) is 4.79 Å². The second-order valence-corrected chi connectivity index (χ2v) is 5.52. The van der Waals surface area contributed by atoms with E-state index in [0.29, 0.717) is 10.6 Å². The highest BCUT2D eigenvalue weighted by Gasteiger charge is 2.15. The van der Waals surface area contributed by atoms with Crippen LogP contribution < -0.4 is 5.32 Å². The van der Waals surface area contributed by atoms with E-state index >= 15 is 0 Å². The van der Waals surface area contributed by atoms with E-state index in [0.717, 1.165) is 16.6 Å². The lowest BCUT2D eigenvalue weighted by molar-refractivity contribution is 0.0939. The van der Waals surface area contributed by atoms with Gasteiger partial charge in [0.25, 0.3) is 5.91 Å². The quantitative estimate of drug-likeness (QED) is 0.808. The Hall–Kier alpha value is -2.40. The van der Waals surface area contributed by atoms with Gasteiger partial charge in [0.05, 0.1) is 23.3 Å². The predicted molar refractivity (Wildman–Crippen MR) is 85.8 cm³/mol. The molecular formula is C16H15ClN4O. The zero-order chi connectivity index (χ0) is 15.7. The first kappa shape index (κ1) is 14.5. The number of pyridine rings is 1. The molecule has 0 radical (unpaired) electrons. The lowest BCUT2D eigenvalue weighted by Crippen LogP contribution is -2.27. The second kappa shape index (κ2) is 5.77. The molecule has 0 fully saturated rings. The summed E-state index contributed by atoms with van der Waals surface area (Å²) in [5.74, 6) is -0.192. The molecule has 1 N–H and O–H groups in total. The molecular weight excluding hydrogens is 300 g/mol. The van der Waals surface area contributed by atoms with Gasteiger partial charge >= 0.3 is 0 Å². The van der Waals surface area contributed by atoms with Gasteiger partial charge in [0.15, 0.2) is 0 Å². The molecule has 1 atom stereocenters. The van der Waals surface area contributed by atoms with E-state index in [2.05, 4.69) is 15.4 Å². The minimum atomic E-state index is -0.192. The van der Waals surface area contributed by atoms with E-state index in [1.807, 2.05) is 38.2 Å². The molecule has 22 heavy (non-hydrogen) atoms. The molecule has 1 unspecified atom stereocenters. The highest BCUT2D eigenvalue weighted by molar-refractivity contribution is 6.31. The van der Waals surface area contributed by atoms with Crippen molar-refractivity contribution in [1.29, 1.82) is 0 Å². The summed E-state index contributed by atoms with van der Waals surface area (Å²) in [5, 5.41) is 7.69. The van der Waals surface area contributed by atoms with Crippen molar-refractivity contribution in [3.8, 4) is 0 Å². The van der Waals surface area contributed by atoms with E-state index in [1.165, 1.54) is 0 Å². The van der Waals surface area contributed by atoms with E-state index in [1.54, 1.807) is 23.1 Å². The lowest BCUT2D eigenvalue weighted by Gasteiger charge is -2.15. The number of aromatic nitrogens is 3. The van der Waals surface area contributed by atoms with Crippen LogP contribution in [0.15, 0.2) is 42.7 Å². The Balaban J connectivity index is 1.83. The van der Waals surface area contributed by atoms with Gasteiger partial charge in [-0.25, -0.2) is 0 Å². The predicted octanol–water partition coefficient (Wildman–Crippen LogP) is 3.11. The summed E-state index contributed by atoms with van der Waals surface area (Å²) in [7, 11) is 1.82. The molecule has 3 rings (SSSR count). The molecule has 5 nitrogen and oxygen atoms in total. The lowest BCUT2D eigenvalue weighted by atomic mass is 10.1. The number of rotatable bonds is 3. The monoisotopic (exact) mass is 314 g/mol. The van der Waals surface area contributed by atoms with Crippen molar-refractivity contribution in [1.82, 2.24) is 20.1 Å². The maximum Gasteiger partial charge on any atom is 0.253 e. The third-order valence-electron chi connectivity index (χ3n) is 3.58. The Morgan fingerprint density at radius 2 is 2.09 bits per heavy atom. The topological polar surface area (TPSA) is 59.8 Å². The molecule has 0 saturated heterocycles. The van der Waals surface area contributed by atoms with Gasteiger partial charge in [0, 0.05) is 18.3 Å². The van der Waals surface area contributed by atoms with Crippen LogP contribution >= 0.6 is 11.6 Å². The molecule has 1 amide bonds. The van der Waals surface area contributed by atoms with Crippen LogP contribution in [0, 0.1) is 0 Å². The standard InChI is InChI=1S/C16H15ClN4O/c1-10(12-5-3-4-6-13(12)17)20-16(22)11-7-15-14(18-8-11)9-19-21(15)2/h3-10H,1-2H3,(H,20,22). The zero-order valence-electron chi connectivity index (χ0n) is 12.2. The number of fused-ring (bicyclic) bond motifs is 1. The molecule has 1 aromatic carbocycles. The molecule has 0 spiro atoms. The Morgan fingerprint density at radius 1 is 1.32 bits per heavy atom. The summed E-state index contributed by atoms with van der Waals surface area (Å²) in [6, 6.07) is 9.06. The Labute approximate surface area is 132 Å². The van der Waals surface area contributed by atoms with Crippen LogP contribution in [0.1, 0.15) is 28.9 Å². The number of hydrogen-bond donors (Lipinski definition) is 1. The van der Waals surface area contributed by atoms with Crippen LogP contribution in [0.25, 0.3) is 11.0 Å². The molecule has 112 valence electrons. The molecule has 0 saturated carbocycles. The van der Waals surface area contributed by atoms with Crippen molar-refractivity contribution in [3.05, 3.63) is 58.9 Å². The van der Waals surface area contributed by atoms with E-state index in [4.69, 9.17) is 11.6 Å². The third kappa shape index (κ3) is 2.67. The smallest absolute Gasteiger partial charge is 0.253 e. The minimum Gasteiger partial charge on any atom is -0.345 e. The summed E-state index contributed by atoms with van der Waals surface area (Å²) < 4.78 is 1.69. The normalized spacial score (nSPS) is 12.3. The highest BCUT2D eigenvalue weighted by Crippen LogP contribution is 2.22. The number of nitrogens with one attached hydrogen (secondary N) is 1. The molecule has 6 heteroatoms. The molecule has 0 aliphatic rings. The second-order valence-electron chi connectivity index (χ2n) is 5.11. The van der Waals surface area contributed by atoms with Gasteiger partial charge in [0.2, 0.25) is 0 Å². The molecule has 0 aliphatic heterocycles. The van der Waals surface area contributed by atoms with Gasteiger partial charge in [-0.2, -0.15) is 5.10 Å². The fourth-order valence-corrected chi connectivity index (χ4v) is 2.63. The van der Waals surface area contributed by atoms with Gasteiger partial charge in [-0.15, -0.1) is 0 Å². The number of aryl methyl sites for hydroxylation is 1. The number of benzene rings is 1. The summed E-state index contributed by atoms with van der Waals surface area (Å²) in [6.07, 6.45) is 3.22. The van der Waals surface area contributed by atoms with Crippen molar-refractivity contribution in [3.63, 3.8) is 0 Å². The highest BCUT2D eigenvalue weighted by atomic mass is 35.5. The number of amides is 1. The van der Waals surface area contributed by atoms with Crippen molar-refractivity contribution in [2.75, 3.05) is 0 Å². The van der Waals surface area contributed by atoms with Gasteiger partial charge in [0.1, 0.15) is 5.52 Å². The average Bonchev–Trinajstić information content (AvgIpc) is 2.88. The maximum absolute atomic E-state index is 12.4. The van der Waals surface area contributed by atoms with E-state index < -0.39 is 0 Å². The molecule has 2 aromatic heterocycles. The minimum absolute atomic E-state index is 0.191. The Bertz CT molecular complexity index is 843. The average molecular weight is 315 g/mol. The number of hydrogen-bond acceptors (Lipinski definition) is 3. The number of nitrogens with zero attached hydrogens (tertiary/aromatic N) is 3. The largest absolute Gasteiger partial charge is 0.345 e. The summed E-state index contributed by atoms with van der Waals surface area (Å²) >= 11 is 6.16. The SMILES string of the molecule is CC(NC(=O)c1cnc2cnn(C)c2c1)c1ccccc1Cl. The first-order valence-electron chi connectivity index (χ1n) is 6.89. The van der Waals surface area contributed by atoms with Gasteiger partial charge in [-0.05, 0) is 24.6 Å². The van der Waals surface area contributed by atoms with Crippen LogP contribution in [-0.4, -0.2) is 20.7 Å². The van der Waals surface area contributed by atoms with Gasteiger partial charge in [-0.1, -0.05) is 29.8 Å². The fourth-order valence-electron chi connectivity index (χ4n) is 2.33. The zero-order valence-corrected chi connectivity index (χ0v) is 13.0. The van der Waals surface area contributed by atoms with Crippen LogP contribution in [0.2, 0.25) is 5.02 Å². The van der Waals surface area contributed by atoms with E-state index in [-0.39, 0.29) is 11.9 Å². The van der Waals surface area contributed by atoms with Crippen LogP contribution in [-0.2, 0) is 7.05 Å². The van der Waals surface area contributed by atoms with Crippen LogP contribution in [0.3, 0.4) is 0 Å². The molecule has 0 bridgehead atoms. The summed E-state index contributed by atoms with van der Waals surface area (Å²) in [6.45, 7) is 1.90. The summed E-state index contributed by atoms with van der Waals surface area (Å²) in [4.78, 5) is 16.6. The van der Waals surface area contributed by atoms with Crippen LogP contribution in [0.5, 0.6) is 0 Å². The Morgan fingerprint density at radius 3 is 2.86 bits per heavy atom. The maximum atomic E-state index is 12.4. The molecule has 2 heterocycles. The van der Waals surface area contributed by atoms with Gasteiger partial charge in [-0.3, -0.25) is 14.5 Å².